The Hall–Kier alpha value is -2.19. The summed E-state index contributed by atoms with van der Waals surface area (Å²) in [7, 11) is 0.591. The Labute approximate surface area is 149 Å². The normalized spacial score (nSPS) is 12.8. The molecule has 0 radical (unpaired) electrons. The molecule has 0 bridgehead atoms. The fourth-order valence-electron chi connectivity index (χ4n) is 2.55. The van der Waals surface area contributed by atoms with Gasteiger partial charge in [-0.15, -0.1) is 0 Å². The summed E-state index contributed by atoms with van der Waals surface area (Å²) in [4.78, 5) is 10.5. The van der Waals surface area contributed by atoms with Crippen LogP contribution in [0.1, 0.15) is 22.9 Å². The van der Waals surface area contributed by atoms with Crippen LogP contribution in [0.5, 0.6) is 0 Å². The summed E-state index contributed by atoms with van der Waals surface area (Å²) < 4.78 is 6.24. The van der Waals surface area contributed by atoms with Crippen LogP contribution in [0.2, 0.25) is 25.7 Å². The lowest BCUT2D eigenvalue weighted by Crippen LogP contribution is -2.22. The molecule has 0 amide bonds. The van der Waals surface area contributed by atoms with Crippen LogP contribution in [0.25, 0.3) is 0 Å². The highest BCUT2D eigenvalue weighted by Crippen LogP contribution is 2.34. The van der Waals surface area contributed by atoms with Gasteiger partial charge in [-0.25, -0.2) is 0 Å². The van der Waals surface area contributed by atoms with E-state index in [1.54, 1.807) is 12.1 Å². The SMILES string of the molecule is CNc1n[nH]c(C)c1C(OCC[Si](C)(C)C)c1ccc([N+](=O)[O-])cc1. The van der Waals surface area contributed by atoms with Gasteiger partial charge in [-0.3, -0.25) is 15.2 Å². The van der Waals surface area contributed by atoms with E-state index in [0.29, 0.717) is 6.61 Å². The van der Waals surface area contributed by atoms with E-state index in [9.17, 15) is 10.1 Å². The van der Waals surface area contributed by atoms with E-state index in [1.807, 2.05) is 14.0 Å². The van der Waals surface area contributed by atoms with E-state index in [4.69, 9.17) is 4.74 Å². The van der Waals surface area contributed by atoms with Gasteiger partial charge in [0.05, 0.1) is 4.92 Å². The average molecular weight is 363 g/mol. The zero-order valence-corrected chi connectivity index (χ0v) is 16.4. The predicted octanol–water partition coefficient (Wildman–Crippen LogP) is 4.11. The molecule has 2 rings (SSSR count). The number of benzene rings is 1. The number of anilines is 1. The second kappa shape index (κ2) is 7.79. The molecule has 1 aromatic heterocycles. The Balaban J connectivity index is 2.34. The molecule has 0 aliphatic heterocycles. The molecule has 0 saturated heterocycles. The molecule has 1 aromatic carbocycles. The molecule has 0 spiro atoms. The number of ether oxygens (including phenoxy) is 1. The number of H-pyrrole nitrogens is 1. The van der Waals surface area contributed by atoms with E-state index >= 15 is 0 Å². The quantitative estimate of drug-likeness (QED) is 0.419. The first kappa shape index (κ1) is 19.1. The van der Waals surface area contributed by atoms with Crippen molar-refractivity contribution < 1.29 is 9.66 Å². The summed E-state index contributed by atoms with van der Waals surface area (Å²) in [5.74, 6) is 0.730. The van der Waals surface area contributed by atoms with Gasteiger partial charge in [-0.2, -0.15) is 5.10 Å². The number of hydrogen-bond donors (Lipinski definition) is 2. The second-order valence-corrected chi connectivity index (χ2v) is 12.9. The van der Waals surface area contributed by atoms with Gasteiger partial charge >= 0.3 is 0 Å². The molecular formula is C17H26N4O3Si. The molecule has 0 aliphatic carbocycles. The van der Waals surface area contributed by atoms with Crippen molar-refractivity contribution in [3.63, 3.8) is 0 Å². The van der Waals surface area contributed by atoms with Crippen LogP contribution in [0.15, 0.2) is 24.3 Å². The number of aryl methyl sites for hydroxylation is 1. The lowest BCUT2D eigenvalue weighted by Gasteiger charge is -2.22. The van der Waals surface area contributed by atoms with E-state index in [0.717, 1.165) is 28.7 Å². The number of nitrogens with zero attached hydrogens (tertiary/aromatic N) is 2. The van der Waals surface area contributed by atoms with Crippen molar-refractivity contribution in [2.75, 3.05) is 19.0 Å². The maximum atomic E-state index is 10.9. The molecule has 1 unspecified atom stereocenters. The summed E-state index contributed by atoms with van der Waals surface area (Å²) in [5.41, 5.74) is 2.80. The Kier molecular flexibility index (Phi) is 5.96. The third-order valence-corrected chi connectivity index (χ3v) is 5.74. The van der Waals surface area contributed by atoms with Crippen LogP contribution in [-0.2, 0) is 4.74 Å². The van der Waals surface area contributed by atoms with Crippen molar-refractivity contribution in [2.45, 2.75) is 38.7 Å². The maximum absolute atomic E-state index is 10.9. The minimum atomic E-state index is -1.22. The summed E-state index contributed by atoms with van der Waals surface area (Å²) >= 11 is 0. The van der Waals surface area contributed by atoms with Gasteiger partial charge in [0.1, 0.15) is 6.10 Å². The van der Waals surface area contributed by atoms with E-state index < -0.39 is 13.0 Å². The highest BCUT2D eigenvalue weighted by molar-refractivity contribution is 6.76. The summed E-state index contributed by atoms with van der Waals surface area (Å²) in [5, 5.41) is 21.2. The predicted molar refractivity (Wildman–Crippen MR) is 102 cm³/mol. The molecule has 8 heteroatoms. The van der Waals surface area contributed by atoms with Gasteiger partial charge in [-0.05, 0) is 30.7 Å². The summed E-state index contributed by atoms with van der Waals surface area (Å²) in [6.07, 6.45) is -0.321. The van der Waals surface area contributed by atoms with Crippen LogP contribution in [-0.4, -0.2) is 36.8 Å². The first-order valence-corrected chi connectivity index (χ1v) is 12.0. The van der Waals surface area contributed by atoms with Gasteiger partial charge < -0.3 is 10.1 Å². The minimum absolute atomic E-state index is 0.0716. The molecule has 2 N–H and O–H groups in total. The average Bonchev–Trinajstić information content (AvgIpc) is 2.91. The molecule has 25 heavy (non-hydrogen) atoms. The highest BCUT2D eigenvalue weighted by atomic mass is 28.3. The smallest absolute Gasteiger partial charge is 0.269 e. The number of hydrogen-bond acceptors (Lipinski definition) is 5. The first-order chi connectivity index (χ1) is 11.7. The number of nitro groups is 1. The molecule has 2 aromatic rings. The van der Waals surface area contributed by atoms with Crippen LogP contribution in [0.4, 0.5) is 11.5 Å². The lowest BCUT2D eigenvalue weighted by atomic mass is 10.0. The third-order valence-electron chi connectivity index (χ3n) is 4.04. The van der Waals surface area contributed by atoms with Crippen molar-refractivity contribution >= 4 is 19.6 Å². The Bertz CT molecular complexity index is 722. The van der Waals surface area contributed by atoms with Crippen LogP contribution >= 0.6 is 0 Å². The van der Waals surface area contributed by atoms with Crippen LogP contribution in [0.3, 0.4) is 0 Å². The number of nitrogens with one attached hydrogen (secondary N) is 2. The number of aromatic amines is 1. The molecule has 0 aliphatic rings. The van der Waals surface area contributed by atoms with E-state index in [2.05, 4.69) is 35.2 Å². The largest absolute Gasteiger partial charge is 0.371 e. The van der Waals surface area contributed by atoms with E-state index in [1.165, 1.54) is 12.1 Å². The Morgan fingerprint density at radius 3 is 2.48 bits per heavy atom. The zero-order chi connectivity index (χ0) is 18.6. The van der Waals surface area contributed by atoms with Crippen molar-refractivity contribution in [3.8, 4) is 0 Å². The molecule has 1 heterocycles. The second-order valence-electron chi connectivity index (χ2n) is 7.27. The number of rotatable bonds is 8. The minimum Gasteiger partial charge on any atom is -0.371 e. The maximum Gasteiger partial charge on any atom is 0.269 e. The van der Waals surface area contributed by atoms with Crippen LogP contribution < -0.4 is 5.32 Å². The lowest BCUT2D eigenvalue weighted by molar-refractivity contribution is -0.384. The van der Waals surface area contributed by atoms with Crippen molar-refractivity contribution in [1.29, 1.82) is 0 Å². The topological polar surface area (TPSA) is 93.1 Å². The monoisotopic (exact) mass is 362 g/mol. The van der Waals surface area contributed by atoms with Gasteiger partial charge in [0.15, 0.2) is 5.82 Å². The van der Waals surface area contributed by atoms with Crippen molar-refractivity contribution in [3.05, 3.63) is 51.2 Å². The zero-order valence-electron chi connectivity index (χ0n) is 15.4. The number of aromatic nitrogens is 2. The fourth-order valence-corrected chi connectivity index (χ4v) is 3.28. The van der Waals surface area contributed by atoms with Gasteiger partial charge in [0.25, 0.3) is 5.69 Å². The summed E-state index contributed by atoms with van der Waals surface area (Å²) in [6, 6.07) is 7.58. The molecular weight excluding hydrogens is 336 g/mol. The van der Waals surface area contributed by atoms with Gasteiger partial charge in [0, 0.05) is 45.1 Å². The Morgan fingerprint density at radius 1 is 1.32 bits per heavy atom. The van der Waals surface area contributed by atoms with E-state index in [-0.39, 0.29) is 11.8 Å². The standard InChI is InChI=1S/C17H26N4O3Si/c1-12-15(17(18-2)20-19-12)16(24-10-11-25(3,4)5)13-6-8-14(9-7-13)21(22)23/h6-9,16H,10-11H2,1-5H3,(H2,18,19,20). The van der Waals surface area contributed by atoms with Gasteiger partial charge in [-0.1, -0.05) is 19.6 Å². The number of non-ortho nitro benzene ring substituents is 1. The molecule has 136 valence electrons. The molecule has 0 saturated carbocycles. The van der Waals surface area contributed by atoms with Crippen molar-refractivity contribution in [1.82, 2.24) is 10.2 Å². The first-order valence-electron chi connectivity index (χ1n) is 8.31. The molecule has 1 atom stereocenters. The molecule has 0 fully saturated rings. The fraction of sp³-hybridized carbons (Fsp3) is 0.471. The number of nitro benzene ring substituents is 1. The van der Waals surface area contributed by atoms with Gasteiger partial charge in [0.2, 0.25) is 0 Å². The van der Waals surface area contributed by atoms with Crippen LogP contribution in [0, 0.1) is 17.0 Å². The Morgan fingerprint density at radius 2 is 1.96 bits per heavy atom. The summed E-state index contributed by atoms with van der Waals surface area (Å²) in [6.45, 7) is 9.51. The molecule has 7 nitrogen and oxygen atoms in total. The highest BCUT2D eigenvalue weighted by Gasteiger charge is 2.24. The van der Waals surface area contributed by atoms with Crippen molar-refractivity contribution in [2.24, 2.45) is 0 Å². The third kappa shape index (κ3) is 4.89.